The summed E-state index contributed by atoms with van der Waals surface area (Å²) in [6, 6.07) is 2.20. The smallest absolute Gasteiger partial charge is 0.156 e. The van der Waals surface area contributed by atoms with E-state index in [1.807, 2.05) is 6.92 Å². The summed E-state index contributed by atoms with van der Waals surface area (Å²) < 4.78 is 0. The van der Waals surface area contributed by atoms with Gasteiger partial charge in [0, 0.05) is 18.8 Å². The lowest BCUT2D eigenvalue weighted by Crippen LogP contribution is -2.30. The van der Waals surface area contributed by atoms with Crippen molar-refractivity contribution < 1.29 is 0 Å². The third kappa shape index (κ3) is 3.49. The molecule has 4 nitrogen and oxygen atoms in total. The number of rotatable bonds is 4. The van der Waals surface area contributed by atoms with Crippen LogP contribution in [-0.4, -0.2) is 28.0 Å². The zero-order chi connectivity index (χ0) is 13.9. The van der Waals surface area contributed by atoms with E-state index >= 15 is 0 Å². The van der Waals surface area contributed by atoms with Gasteiger partial charge in [0.1, 0.15) is 11.3 Å². The molecule has 0 bridgehead atoms. The third-order valence-electron chi connectivity index (χ3n) is 4.08. The summed E-state index contributed by atoms with van der Waals surface area (Å²) in [6.45, 7) is 6.46. The molecule has 1 aliphatic rings. The number of anilines is 1. The zero-order valence-electron chi connectivity index (χ0n) is 13.0. The maximum absolute atomic E-state index is 4.70. The fraction of sp³-hybridized carbons (Fsp3) is 0.625. The van der Waals surface area contributed by atoms with Crippen LogP contribution in [-0.2, 0) is 6.42 Å². The van der Waals surface area contributed by atoms with Crippen LogP contribution in [0.15, 0.2) is 6.07 Å². The van der Waals surface area contributed by atoms with E-state index in [4.69, 9.17) is 4.98 Å². The number of hydrogen-bond acceptors (Lipinski definition) is 3. The maximum atomic E-state index is 4.70. The fourth-order valence-corrected chi connectivity index (χ4v) is 3.00. The summed E-state index contributed by atoms with van der Waals surface area (Å²) in [5.74, 6) is 1.98. The number of aromatic nitrogens is 3. The summed E-state index contributed by atoms with van der Waals surface area (Å²) in [5.41, 5.74) is 3.49. The molecule has 0 unspecified atom stereocenters. The quantitative estimate of drug-likeness (QED) is 0.927. The molecule has 1 saturated heterocycles. The highest BCUT2D eigenvalue weighted by Crippen LogP contribution is 2.27. The second-order valence-electron chi connectivity index (χ2n) is 5.80. The lowest BCUT2D eigenvalue weighted by molar-refractivity contribution is 0.574. The maximum Gasteiger partial charge on any atom is 0.156 e. The minimum Gasteiger partial charge on any atom is -0.355 e. The Bertz CT molecular complexity index is 587. The van der Waals surface area contributed by atoms with E-state index in [0.717, 1.165) is 42.2 Å². The van der Waals surface area contributed by atoms with Crippen LogP contribution in [0.2, 0.25) is 0 Å². The van der Waals surface area contributed by atoms with Crippen LogP contribution in [0.1, 0.15) is 50.5 Å². The number of piperidine rings is 1. The normalized spacial score (nSPS) is 15.2. The standard InChI is InChI=1S/C16H24N4.ClH/c1-3-4-8-13-11-14-15(19-13)16(18-12(2)17-14)20-9-6-5-7-10-20;/h11,19H,3-10H2,1-2H3;1H. The predicted molar refractivity (Wildman–Crippen MR) is 90.5 cm³/mol. The Kier molecular flexibility index (Phi) is 5.45. The topological polar surface area (TPSA) is 44.8 Å². The predicted octanol–water partition coefficient (Wildman–Crippen LogP) is 4.02. The van der Waals surface area contributed by atoms with Gasteiger partial charge in [-0.2, -0.15) is 0 Å². The van der Waals surface area contributed by atoms with Crippen molar-refractivity contribution >= 4 is 29.3 Å². The summed E-state index contributed by atoms with van der Waals surface area (Å²) in [5, 5.41) is 0. The molecular formula is C16H25ClN4. The summed E-state index contributed by atoms with van der Waals surface area (Å²) in [4.78, 5) is 15.3. The number of nitrogens with zero attached hydrogens (tertiary/aromatic N) is 3. The molecular weight excluding hydrogens is 284 g/mol. The number of fused-ring (bicyclic) bond motifs is 1. The van der Waals surface area contributed by atoms with Crippen LogP contribution in [0.4, 0.5) is 5.82 Å². The Hall–Kier alpha value is -1.29. The summed E-state index contributed by atoms with van der Waals surface area (Å²) >= 11 is 0. The molecule has 2 aromatic heterocycles. The van der Waals surface area contributed by atoms with Gasteiger partial charge in [-0.15, -0.1) is 12.4 Å². The van der Waals surface area contributed by atoms with Crippen molar-refractivity contribution in [2.24, 2.45) is 0 Å². The Balaban J connectivity index is 0.00000161. The number of unbranched alkanes of at least 4 members (excludes halogenated alkanes) is 1. The van der Waals surface area contributed by atoms with Gasteiger partial charge in [-0.1, -0.05) is 13.3 Å². The number of aryl methyl sites for hydroxylation is 2. The molecule has 3 heterocycles. The highest BCUT2D eigenvalue weighted by atomic mass is 35.5. The van der Waals surface area contributed by atoms with Gasteiger partial charge >= 0.3 is 0 Å². The van der Waals surface area contributed by atoms with Crippen LogP contribution >= 0.6 is 12.4 Å². The second-order valence-corrected chi connectivity index (χ2v) is 5.80. The minimum atomic E-state index is 0. The molecule has 2 aromatic rings. The molecule has 1 N–H and O–H groups in total. The highest BCUT2D eigenvalue weighted by Gasteiger charge is 2.17. The monoisotopic (exact) mass is 308 g/mol. The molecule has 1 fully saturated rings. The van der Waals surface area contributed by atoms with Gasteiger partial charge in [-0.25, -0.2) is 9.97 Å². The molecule has 0 atom stereocenters. The number of aromatic amines is 1. The lowest BCUT2D eigenvalue weighted by atomic mass is 10.1. The van der Waals surface area contributed by atoms with Gasteiger partial charge in [0.25, 0.3) is 0 Å². The van der Waals surface area contributed by atoms with Gasteiger partial charge in [-0.3, -0.25) is 0 Å². The second kappa shape index (κ2) is 7.12. The first-order valence-corrected chi connectivity index (χ1v) is 7.89. The van der Waals surface area contributed by atoms with Crippen LogP contribution in [0, 0.1) is 6.92 Å². The molecule has 0 aromatic carbocycles. The Morgan fingerprint density at radius 1 is 1.19 bits per heavy atom. The molecule has 3 rings (SSSR count). The first-order chi connectivity index (χ1) is 9.78. The lowest BCUT2D eigenvalue weighted by Gasteiger charge is -2.28. The molecule has 0 amide bonds. The van der Waals surface area contributed by atoms with Gasteiger partial charge in [0.2, 0.25) is 0 Å². The van der Waals surface area contributed by atoms with Crippen molar-refractivity contribution in [2.45, 2.75) is 52.4 Å². The van der Waals surface area contributed by atoms with E-state index in [2.05, 4.69) is 27.9 Å². The fourth-order valence-electron chi connectivity index (χ4n) is 3.00. The average molecular weight is 309 g/mol. The number of halogens is 1. The molecule has 116 valence electrons. The Labute approximate surface area is 132 Å². The van der Waals surface area contributed by atoms with E-state index in [0.29, 0.717) is 0 Å². The van der Waals surface area contributed by atoms with Gasteiger partial charge in [0.05, 0.1) is 5.52 Å². The van der Waals surface area contributed by atoms with E-state index in [-0.39, 0.29) is 12.4 Å². The Morgan fingerprint density at radius 3 is 2.67 bits per heavy atom. The largest absolute Gasteiger partial charge is 0.355 e. The Morgan fingerprint density at radius 2 is 1.95 bits per heavy atom. The van der Waals surface area contributed by atoms with Crippen LogP contribution in [0.5, 0.6) is 0 Å². The van der Waals surface area contributed by atoms with E-state index in [9.17, 15) is 0 Å². The van der Waals surface area contributed by atoms with Gasteiger partial charge < -0.3 is 9.88 Å². The third-order valence-corrected chi connectivity index (χ3v) is 4.08. The van der Waals surface area contributed by atoms with E-state index in [1.54, 1.807) is 0 Å². The van der Waals surface area contributed by atoms with Crippen molar-refractivity contribution in [3.63, 3.8) is 0 Å². The van der Waals surface area contributed by atoms with Crippen molar-refractivity contribution in [1.29, 1.82) is 0 Å². The van der Waals surface area contributed by atoms with Crippen LogP contribution in [0.25, 0.3) is 11.0 Å². The minimum absolute atomic E-state index is 0. The molecule has 0 radical (unpaired) electrons. The van der Waals surface area contributed by atoms with Crippen molar-refractivity contribution in [3.05, 3.63) is 17.6 Å². The zero-order valence-corrected chi connectivity index (χ0v) is 13.8. The molecule has 1 aliphatic heterocycles. The SMILES string of the molecule is CCCCc1cc2nc(C)nc(N3CCCCC3)c2[nH]1.Cl. The molecule has 0 saturated carbocycles. The molecule has 0 spiro atoms. The average Bonchev–Trinajstić information content (AvgIpc) is 2.87. The molecule has 21 heavy (non-hydrogen) atoms. The van der Waals surface area contributed by atoms with Crippen molar-refractivity contribution in [3.8, 4) is 0 Å². The van der Waals surface area contributed by atoms with Crippen molar-refractivity contribution in [2.75, 3.05) is 18.0 Å². The van der Waals surface area contributed by atoms with Gasteiger partial charge in [-0.05, 0) is 45.1 Å². The molecule has 5 heteroatoms. The first kappa shape index (κ1) is 16.1. The van der Waals surface area contributed by atoms with Crippen LogP contribution < -0.4 is 4.90 Å². The van der Waals surface area contributed by atoms with E-state index < -0.39 is 0 Å². The number of hydrogen-bond donors (Lipinski definition) is 1. The van der Waals surface area contributed by atoms with Gasteiger partial charge in [0.15, 0.2) is 5.82 Å². The number of nitrogens with one attached hydrogen (secondary N) is 1. The number of H-pyrrole nitrogens is 1. The van der Waals surface area contributed by atoms with Crippen molar-refractivity contribution in [1.82, 2.24) is 15.0 Å². The van der Waals surface area contributed by atoms with Crippen LogP contribution in [0.3, 0.4) is 0 Å². The summed E-state index contributed by atoms with van der Waals surface area (Å²) in [7, 11) is 0. The summed E-state index contributed by atoms with van der Waals surface area (Å²) in [6.07, 6.45) is 7.43. The first-order valence-electron chi connectivity index (χ1n) is 7.89. The van der Waals surface area contributed by atoms with E-state index in [1.165, 1.54) is 37.8 Å². The molecule has 0 aliphatic carbocycles. The highest BCUT2D eigenvalue weighted by molar-refractivity contribution is 5.87.